The van der Waals surface area contributed by atoms with Gasteiger partial charge in [0.1, 0.15) is 72.2 Å². The number of aromatic amines is 1. The number of primary amides is 2. The van der Waals surface area contributed by atoms with Crippen molar-refractivity contribution in [3.05, 3.63) is 83.9 Å². The standard InChI is InChI=1S/C61H92N20O18/c1-31(2)20-39(76-60(99)46(29-83)81-57(96)43(24-47(64)85)75-51(90)32(3)71-59(98)45(28-82)72-48(86)26-63)53(92)74-38(13-9-19-69-61(66)67)52(91)77-40(21-33-10-5-4-6-11-33)54(93)78-41(22-34-14-16-36(84)17-15-34)55(94)79-42(23-35-27-68-30-70-35)56(95)80-44(25-49(87)88)58(97)73-37(50(65)89)12-7-8-18-62/h4-6,10-11,14-17,27,30-32,37-46,82-84H,7-9,12-13,18-26,28-29,62-63H2,1-3H3,(H2,64,85)(H2,65,89)(H,68,70)(H,71,98)(H,72,86)(H,73,97)(H,74,92)(H,75,90)(H,76,99)(H,77,91)(H,78,93)(H,79,94)(H,80,95)(H,81,96)(H,87,88)(H4,66,67,69)/t32-,37-,38-,39-,40-,41-,42-,43-,44-,45-,46-/m0/s1. The van der Waals surface area contributed by atoms with Gasteiger partial charge in [-0.25, -0.2) is 4.98 Å². The van der Waals surface area contributed by atoms with Gasteiger partial charge in [0.2, 0.25) is 76.8 Å². The first-order valence-corrected chi connectivity index (χ1v) is 31.5. The lowest BCUT2D eigenvalue weighted by atomic mass is 10.00. The minimum absolute atomic E-state index is 0.00298. The van der Waals surface area contributed by atoms with Crippen LogP contribution in [0.25, 0.3) is 0 Å². The highest BCUT2D eigenvalue weighted by Crippen LogP contribution is 2.15. The van der Waals surface area contributed by atoms with Gasteiger partial charge in [-0.1, -0.05) is 56.3 Å². The highest BCUT2D eigenvalue weighted by molar-refractivity contribution is 6.00. The number of benzene rings is 2. The van der Waals surface area contributed by atoms with Crippen molar-refractivity contribution in [3.63, 3.8) is 0 Å². The third-order valence-electron chi connectivity index (χ3n) is 14.7. The maximum atomic E-state index is 15.0. The maximum Gasteiger partial charge on any atom is 0.305 e. The number of nitrogens with zero attached hydrogens (tertiary/aromatic N) is 2. The number of H-pyrrole nitrogens is 1. The van der Waals surface area contributed by atoms with Crippen LogP contribution in [0.15, 0.2) is 72.1 Å². The summed E-state index contributed by atoms with van der Waals surface area (Å²) in [6.45, 7) is 2.10. The number of imidazole rings is 1. The number of aromatic nitrogens is 2. The lowest BCUT2D eigenvalue weighted by Gasteiger charge is -2.28. The number of carbonyl (C=O) groups is 14. The zero-order valence-electron chi connectivity index (χ0n) is 55.0. The van der Waals surface area contributed by atoms with E-state index >= 15 is 0 Å². The number of aliphatic hydroxyl groups is 2. The minimum atomic E-state index is -1.90. The molecule has 3 rings (SSSR count). The Kier molecular flexibility index (Phi) is 35.5. The van der Waals surface area contributed by atoms with Crippen molar-refractivity contribution < 1.29 is 87.5 Å². The van der Waals surface area contributed by atoms with Gasteiger partial charge in [-0.05, 0) is 81.2 Å². The average Bonchev–Trinajstić information content (AvgIpc) is 1.44. The van der Waals surface area contributed by atoms with Crippen molar-refractivity contribution in [2.75, 3.05) is 32.8 Å². The molecular formula is C61H92N20O18. The molecule has 38 nitrogen and oxygen atoms in total. The Labute approximate surface area is 568 Å². The number of carbonyl (C=O) groups excluding carboxylic acids is 13. The van der Waals surface area contributed by atoms with E-state index in [0.717, 1.165) is 6.92 Å². The molecule has 38 heteroatoms. The van der Waals surface area contributed by atoms with E-state index in [4.69, 9.17) is 34.4 Å². The molecule has 0 unspecified atom stereocenters. The number of hydrogen-bond donors (Lipinski definition) is 22. The third kappa shape index (κ3) is 30.4. The predicted octanol–water partition coefficient (Wildman–Crippen LogP) is -8.50. The third-order valence-corrected chi connectivity index (χ3v) is 14.7. The number of nitrogens with one attached hydrogen (secondary N) is 12. The van der Waals surface area contributed by atoms with E-state index in [1.807, 2.05) is 0 Å². The van der Waals surface area contributed by atoms with Gasteiger partial charge in [-0.15, -0.1) is 0 Å². The van der Waals surface area contributed by atoms with Crippen LogP contribution in [0.3, 0.4) is 0 Å². The monoisotopic (exact) mass is 1390 g/mol. The number of carboxylic acids is 1. The number of aromatic hydroxyl groups is 1. The van der Waals surface area contributed by atoms with Gasteiger partial charge in [0, 0.05) is 37.7 Å². The van der Waals surface area contributed by atoms with Crippen LogP contribution in [0.1, 0.15) is 89.0 Å². The number of aliphatic imine (C=N–C) groups is 1. The Morgan fingerprint density at radius 2 is 0.939 bits per heavy atom. The number of phenolic OH excluding ortho intramolecular Hbond substituents is 1. The number of nitrogens with two attached hydrogens (primary N) is 6. The fourth-order valence-electron chi connectivity index (χ4n) is 9.51. The number of carboxylic acid groups (broad SMARTS) is 1. The van der Waals surface area contributed by atoms with Gasteiger partial charge >= 0.3 is 5.97 Å². The molecule has 1 aromatic heterocycles. The molecule has 544 valence electrons. The van der Waals surface area contributed by atoms with Crippen LogP contribution in [0.2, 0.25) is 0 Å². The molecular weight excluding hydrogens is 1300 g/mol. The summed E-state index contributed by atoms with van der Waals surface area (Å²) in [4.78, 5) is 200. The van der Waals surface area contributed by atoms with E-state index in [0.29, 0.717) is 24.0 Å². The van der Waals surface area contributed by atoms with Crippen molar-refractivity contribution in [1.29, 1.82) is 0 Å². The number of aliphatic carboxylic acids is 1. The minimum Gasteiger partial charge on any atom is -0.508 e. The van der Waals surface area contributed by atoms with Crippen molar-refractivity contribution in [1.82, 2.24) is 68.5 Å². The smallest absolute Gasteiger partial charge is 0.305 e. The second-order valence-corrected chi connectivity index (χ2v) is 23.3. The molecule has 2 aromatic carbocycles. The van der Waals surface area contributed by atoms with Crippen molar-refractivity contribution in [2.24, 2.45) is 45.3 Å². The fourth-order valence-corrected chi connectivity index (χ4v) is 9.51. The summed E-state index contributed by atoms with van der Waals surface area (Å²) in [6.07, 6.45) is 0.168. The zero-order chi connectivity index (χ0) is 73.9. The van der Waals surface area contributed by atoms with E-state index in [-0.39, 0.29) is 81.4 Å². The quantitative estimate of drug-likeness (QED) is 0.0142. The Bertz CT molecular complexity index is 3250. The first-order valence-electron chi connectivity index (χ1n) is 31.5. The molecule has 11 atom stereocenters. The number of rotatable bonds is 45. The van der Waals surface area contributed by atoms with Crippen LogP contribution in [0.5, 0.6) is 5.75 Å². The van der Waals surface area contributed by atoms with Crippen LogP contribution in [0.4, 0.5) is 0 Å². The molecule has 0 saturated carbocycles. The summed E-state index contributed by atoms with van der Waals surface area (Å²) >= 11 is 0. The van der Waals surface area contributed by atoms with Crippen molar-refractivity contribution in [3.8, 4) is 5.75 Å². The lowest BCUT2D eigenvalue weighted by molar-refractivity contribution is -0.141. The highest BCUT2D eigenvalue weighted by Gasteiger charge is 2.37. The lowest BCUT2D eigenvalue weighted by Crippen LogP contribution is -2.61. The molecule has 13 amide bonds. The average molecular weight is 1390 g/mol. The summed E-state index contributed by atoms with van der Waals surface area (Å²) in [5.41, 5.74) is 33.9. The fraction of sp³-hybridized carbons (Fsp3) is 0.508. The Balaban J connectivity index is 2.02. The molecule has 0 bridgehead atoms. The summed E-state index contributed by atoms with van der Waals surface area (Å²) in [5, 5.41) is 66.3. The second kappa shape index (κ2) is 42.6. The predicted molar refractivity (Wildman–Crippen MR) is 352 cm³/mol. The topological polar surface area (TPSA) is 649 Å². The van der Waals surface area contributed by atoms with E-state index in [1.54, 1.807) is 44.2 Å². The molecule has 0 aliphatic rings. The number of guanidine groups is 1. The first kappa shape index (κ1) is 82.4. The summed E-state index contributed by atoms with van der Waals surface area (Å²) in [5.74, 6) is -16.1. The number of aliphatic hydroxyl groups excluding tert-OH is 2. The van der Waals surface area contributed by atoms with Gasteiger partial charge < -0.3 is 118 Å². The Morgan fingerprint density at radius 1 is 0.495 bits per heavy atom. The highest BCUT2D eigenvalue weighted by atomic mass is 16.4. The molecule has 0 fully saturated rings. The number of phenols is 1. The first-order chi connectivity index (χ1) is 46.9. The number of unbranched alkanes of at least 4 members (excludes halogenated alkanes) is 1. The summed E-state index contributed by atoms with van der Waals surface area (Å²) in [7, 11) is 0. The number of amides is 13. The summed E-state index contributed by atoms with van der Waals surface area (Å²) < 4.78 is 0. The van der Waals surface area contributed by atoms with Crippen LogP contribution in [-0.4, -0.2) is 218 Å². The van der Waals surface area contributed by atoms with Crippen LogP contribution < -0.4 is 92.9 Å². The second-order valence-electron chi connectivity index (χ2n) is 23.3. The molecule has 0 aliphatic carbocycles. The summed E-state index contributed by atoms with van der Waals surface area (Å²) in [6, 6.07) is -4.27. The molecule has 0 radical (unpaired) electrons. The molecule has 1 heterocycles. The number of hydrogen-bond acceptors (Lipinski definition) is 21. The van der Waals surface area contributed by atoms with Crippen LogP contribution >= 0.6 is 0 Å². The molecule has 0 saturated heterocycles. The van der Waals surface area contributed by atoms with Gasteiger partial charge in [0.15, 0.2) is 5.96 Å². The Hall–Kier alpha value is -10.9. The molecule has 0 spiro atoms. The molecule has 3 aromatic rings. The molecule has 0 aliphatic heterocycles. The van der Waals surface area contributed by atoms with Gasteiger partial charge in [-0.3, -0.25) is 72.1 Å². The van der Waals surface area contributed by atoms with Gasteiger partial charge in [-0.2, -0.15) is 0 Å². The van der Waals surface area contributed by atoms with E-state index in [2.05, 4.69) is 73.4 Å². The SMILES string of the molecule is CC(C)C[C@H](NC(=O)[C@H](CO)NC(=O)[C@H](CC(N)=O)NC(=O)[C@H](C)NC(=O)[C@H](CO)NC(=O)CN)C(=O)N[C@@H](CCCN=C(N)N)C(=O)N[C@@H](Cc1ccccc1)C(=O)N[C@@H](Cc1ccc(O)cc1)C(=O)N[C@@H](Cc1cnc[nH]1)C(=O)N[C@@H](CC(=O)O)C(=O)N[C@@H](CCCCN)C(N)=O. The van der Waals surface area contributed by atoms with Gasteiger partial charge in [0.25, 0.3) is 0 Å². The molecule has 99 heavy (non-hydrogen) atoms. The van der Waals surface area contributed by atoms with Crippen LogP contribution in [-0.2, 0) is 86.4 Å². The largest absolute Gasteiger partial charge is 0.508 e. The van der Waals surface area contributed by atoms with Crippen molar-refractivity contribution >= 4 is 88.7 Å². The Morgan fingerprint density at radius 3 is 1.44 bits per heavy atom. The van der Waals surface area contributed by atoms with Gasteiger partial charge in [0.05, 0.1) is 38.9 Å². The van der Waals surface area contributed by atoms with E-state index in [1.165, 1.54) is 36.8 Å². The van der Waals surface area contributed by atoms with Crippen molar-refractivity contribution in [2.45, 2.75) is 158 Å². The maximum absolute atomic E-state index is 15.0. The van der Waals surface area contributed by atoms with Crippen LogP contribution in [0, 0.1) is 5.92 Å². The molecule has 28 N–H and O–H groups in total. The van der Waals surface area contributed by atoms with E-state index in [9.17, 15) is 87.5 Å². The van der Waals surface area contributed by atoms with E-state index < -0.39 is 182 Å². The zero-order valence-corrected chi connectivity index (χ0v) is 55.0. The normalized spacial score (nSPS) is 14.3.